The van der Waals surface area contributed by atoms with Crippen LogP contribution in [0.2, 0.25) is 0 Å². The van der Waals surface area contributed by atoms with Gasteiger partial charge in [0.25, 0.3) is 0 Å². The molecule has 0 aromatic carbocycles. The molecule has 0 amide bonds. The van der Waals surface area contributed by atoms with Crippen LogP contribution in [0.15, 0.2) is 0 Å². The fourth-order valence-corrected chi connectivity index (χ4v) is 2.77. The van der Waals surface area contributed by atoms with Crippen LogP contribution in [0, 0.1) is 5.92 Å². The molecular weight excluding hydrogens is 174 g/mol. The van der Waals surface area contributed by atoms with Crippen molar-refractivity contribution in [3.8, 4) is 0 Å². The largest absolute Gasteiger partial charge is 0.394 e. The second-order valence-corrected chi connectivity index (χ2v) is 4.14. The monoisotopic (exact) mass is 191 g/mol. The van der Waals surface area contributed by atoms with Gasteiger partial charge in [0.15, 0.2) is 0 Å². The summed E-state index contributed by atoms with van der Waals surface area (Å²) < 4.78 is 5.44. The van der Waals surface area contributed by atoms with Crippen LogP contribution in [0.5, 0.6) is 0 Å². The Labute approximate surface area is 77.7 Å². The predicted octanol–water partition coefficient (Wildman–Crippen LogP) is 0.0757. The van der Waals surface area contributed by atoms with E-state index in [-0.39, 0.29) is 12.7 Å². The second-order valence-electron chi connectivity index (χ2n) is 2.99. The molecule has 1 saturated heterocycles. The van der Waals surface area contributed by atoms with E-state index in [1.54, 1.807) is 0 Å². The van der Waals surface area contributed by atoms with Gasteiger partial charge < -0.3 is 15.6 Å². The molecule has 0 aliphatic carbocycles. The summed E-state index contributed by atoms with van der Waals surface area (Å²) >= 11 is 1.96. The average molecular weight is 191 g/mol. The molecule has 3 N–H and O–H groups in total. The molecule has 0 aromatic rings. The van der Waals surface area contributed by atoms with Crippen molar-refractivity contribution in [2.45, 2.75) is 12.5 Å². The number of hydrogen-bond acceptors (Lipinski definition) is 4. The number of aliphatic hydroxyl groups excluding tert-OH is 1. The van der Waals surface area contributed by atoms with Gasteiger partial charge in [0.1, 0.15) is 0 Å². The van der Waals surface area contributed by atoms with Crippen LogP contribution in [0.3, 0.4) is 0 Å². The van der Waals surface area contributed by atoms with Crippen LogP contribution in [-0.2, 0) is 4.74 Å². The molecule has 0 bridgehead atoms. The Hall–Kier alpha value is 0.230. The first-order chi connectivity index (χ1) is 5.88. The molecule has 0 radical (unpaired) electrons. The summed E-state index contributed by atoms with van der Waals surface area (Å²) in [5.41, 5.74) is 5.58. The van der Waals surface area contributed by atoms with Gasteiger partial charge in [-0.2, -0.15) is 11.8 Å². The molecule has 1 aliphatic heterocycles. The molecule has 1 rings (SSSR count). The summed E-state index contributed by atoms with van der Waals surface area (Å²) in [6, 6.07) is 0. The fourth-order valence-electron chi connectivity index (χ4n) is 1.45. The number of nitrogens with two attached hydrogens (primary N) is 1. The lowest BCUT2D eigenvalue weighted by atomic mass is 10.0. The Morgan fingerprint density at radius 2 is 2.50 bits per heavy atom. The Balaban J connectivity index is 2.22. The van der Waals surface area contributed by atoms with E-state index in [0.717, 1.165) is 5.75 Å². The van der Waals surface area contributed by atoms with Crippen LogP contribution >= 0.6 is 11.8 Å². The van der Waals surface area contributed by atoms with Crippen molar-refractivity contribution in [1.82, 2.24) is 0 Å². The summed E-state index contributed by atoms with van der Waals surface area (Å²) in [6.07, 6.45) is 1.37. The smallest absolute Gasteiger partial charge is 0.0734 e. The SMILES string of the molecule is NCC(OCCO)C1CCSC1. The molecule has 0 spiro atoms. The third-order valence-corrected chi connectivity index (χ3v) is 3.33. The summed E-state index contributed by atoms with van der Waals surface area (Å²) in [5, 5.41) is 8.58. The van der Waals surface area contributed by atoms with Crippen LogP contribution in [0.25, 0.3) is 0 Å². The van der Waals surface area contributed by atoms with E-state index in [1.807, 2.05) is 11.8 Å². The van der Waals surface area contributed by atoms with Gasteiger partial charge in [-0.3, -0.25) is 0 Å². The lowest BCUT2D eigenvalue weighted by molar-refractivity contribution is 0.00626. The van der Waals surface area contributed by atoms with Gasteiger partial charge in [0, 0.05) is 6.54 Å². The third-order valence-electron chi connectivity index (χ3n) is 2.15. The summed E-state index contributed by atoms with van der Waals surface area (Å²) in [5.74, 6) is 2.99. The van der Waals surface area contributed by atoms with Gasteiger partial charge in [0.2, 0.25) is 0 Å². The third kappa shape index (κ3) is 2.94. The zero-order valence-corrected chi connectivity index (χ0v) is 8.05. The lowest BCUT2D eigenvalue weighted by Gasteiger charge is -2.21. The zero-order valence-electron chi connectivity index (χ0n) is 7.24. The molecule has 2 atom stereocenters. The maximum absolute atomic E-state index is 8.58. The lowest BCUT2D eigenvalue weighted by Crippen LogP contribution is -2.32. The summed E-state index contributed by atoms with van der Waals surface area (Å²) in [4.78, 5) is 0. The first kappa shape index (κ1) is 10.3. The Bertz CT molecular complexity index is 118. The summed E-state index contributed by atoms with van der Waals surface area (Å²) in [7, 11) is 0. The summed E-state index contributed by atoms with van der Waals surface area (Å²) in [6.45, 7) is 1.09. The van der Waals surface area contributed by atoms with Crippen molar-refractivity contribution < 1.29 is 9.84 Å². The molecule has 3 nitrogen and oxygen atoms in total. The molecule has 12 heavy (non-hydrogen) atoms. The molecule has 4 heteroatoms. The van der Waals surface area contributed by atoms with Crippen molar-refractivity contribution in [3.63, 3.8) is 0 Å². The van der Waals surface area contributed by atoms with Crippen molar-refractivity contribution in [3.05, 3.63) is 0 Å². The zero-order chi connectivity index (χ0) is 8.81. The number of hydrogen-bond donors (Lipinski definition) is 2. The van der Waals surface area contributed by atoms with Crippen molar-refractivity contribution in [1.29, 1.82) is 0 Å². The van der Waals surface area contributed by atoms with Crippen molar-refractivity contribution >= 4 is 11.8 Å². The van der Waals surface area contributed by atoms with E-state index in [9.17, 15) is 0 Å². The Morgan fingerprint density at radius 3 is 3.00 bits per heavy atom. The molecule has 0 aromatic heterocycles. The van der Waals surface area contributed by atoms with E-state index >= 15 is 0 Å². The maximum atomic E-state index is 8.58. The average Bonchev–Trinajstić information content (AvgIpc) is 2.59. The van der Waals surface area contributed by atoms with Gasteiger partial charge in [-0.1, -0.05) is 0 Å². The van der Waals surface area contributed by atoms with E-state index in [2.05, 4.69) is 0 Å². The molecule has 1 heterocycles. The van der Waals surface area contributed by atoms with Crippen molar-refractivity contribution in [2.24, 2.45) is 11.7 Å². The van der Waals surface area contributed by atoms with E-state index in [4.69, 9.17) is 15.6 Å². The molecule has 0 saturated carbocycles. The van der Waals surface area contributed by atoms with Crippen LogP contribution in [0.1, 0.15) is 6.42 Å². The van der Waals surface area contributed by atoms with Crippen molar-refractivity contribution in [2.75, 3.05) is 31.3 Å². The molecule has 2 unspecified atom stereocenters. The van der Waals surface area contributed by atoms with Crippen LogP contribution < -0.4 is 5.73 Å². The molecule has 1 aliphatic rings. The van der Waals surface area contributed by atoms with Gasteiger partial charge in [0.05, 0.1) is 19.3 Å². The van der Waals surface area contributed by atoms with Gasteiger partial charge >= 0.3 is 0 Å². The van der Waals surface area contributed by atoms with Gasteiger partial charge in [-0.05, 0) is 23.8 Å². The van der Waals surface area contributed by atoms with Gasteiger partial charge in [-0.15, -0.1) is 0 Å². The molecule has 72 valence electrons. The predicted molar refractivity (Wildman–Crippen MR) is 51.3 cm³/mol. The van der Waals surface area contributed by atoms with E-state index in [1.165, 1.54) is 12.2 Å². The first-order valence-corrected chi connectivity index (χ1v) is 5.54. The highest BCUT2D eigenvalue weighted by Crippen LogP contribution is 2.27. The Morgan fingerprint density at radius 1 is 1.67 bits per heavy atom. The number of rotatable bonds is 5. The van der Waals surface area contributed by atoms with Crippen LogP contribution in [-0.4, -0.2) is 42.5 Å². The Kier molecular flexibility index (Phi) is 4.99. The maximum Gasteiger partial charge on any atom is 0.0734 e. The number of ether oxygens (including phenoxy) is 1. The topological polar surface area (TPSA) is 55.5 Å². The van der Waals surface area contributed by atoms with E-state index < -0.39 is 0 Å². The van der Waals surface area contributed by atoms with E-state index in [0.29, 0.717) is 19.1 Å². The quantitative estimate of drug-likeness (QED) is 0.646. The standard InChI is InChI=1S/C8H17NO2S/c9-5-8(11-3-2-10)7-1-4-12-6-7/h7-8,10H,1-6,9H2. The molecule has 1 fully saturated rings. The normalized spacial score (nSPS) is 26.0. The van der Waals surface area contributed by atoms with Crippen LogP contribution in [0.4, 0.5) is 0 Å². The minimum Gasteiger partial charge on any atom is -0.394 e. The minimum absolute atomic E-state index is 0.0936. The molecular formula is C8H17NO2S. The second kappa shape index (κ2) is 5.80. The highest BCUT2D eigenvalue weighted by atomic mass is 32.2. The number of thioether (sulfide) groups is 1. The number of aliphatic hydroxyl groups is 1. The fraction of sp³-hybridized carbons (Fsp3) is 1.00. The highest BCUT2D eigenvalue weighted by Gasteiger charge is 2.24. The minimum atomic E-state index is 0.0936. The van der Waals surface area contributed by atoms with Gasteiger partial charge in [-0.25, -0.2) is 0 Å². The first-order valence-electron chi connectivity index (χ1n) is 4.38. The highest BCUT2D eigenvalue weighted by molar-refractivity contribution is 7.99.